The van der Waals surface area contributed by atoms with Crippen LogP contribution in [0, 0.1) is 0 Å². The Morgan fingerprint density at radius 2 is 2.11 bits per heavy atom. The molecule has 0 aliphatic carbocycles. The standard InChI is InChI=1S/C6H12OS2/c1-3-8-4-5-9-6(2)7/h3-5H2,1-2H3. The Kier molecular flexibility index (Phi) is 6.76. The smallest absolute Gasteiger partial charge is 0.185 e. The van der Waals surface area contributed by atoms with Gasteiger partial charge in [0.1, 0.15) is 0 Å². The molecule has 9 heavy (non-hydrogen) atoms. The summed E-state index contributed by atoms with van der Waals surface area (Å²) in [6.45, 7) is 3.74. The molecule has 0 N–H and O–H groups in total. The van der Waals surface area contributed by atoms with Gasteiger partial charge in [0.25, 0.3) is 0 Å². The lowest BCUT2D eigenvalue weighted by atomic mass is 10.9. The van der Waals surface area contributed by atoms with Crippen LogP contribution in [0.3, 0.4) is 0 Å². The van der Waals surface area contributed by atoms with Crippen molar-refractivity contribution in [2.45, 2.75) is 13.8 Å². The first-order valence-corrected chi connectivity index (χ1v) is 5.12. The third-order valence-corrected chi connectivity index (χ3v) is 2.71. The Bertz CT molecular complexity index is 83.1. The average Bonchev–Trinajstić information content (AvgIpc) is 1.80. The monoisotopic (exact) mass is 164 g/mol. The maximum absolute atomic E-state index is 10.4. The summed E-state index contributed by atoms with van der Waals surface area (Å²) in [5.41, 5.74) is 0. The Morgan fingerprint density at radius 3 is 2.56 bits per heavy atom. The number of hydrogen-bond donors (Lipinski definition) is 0. The van der Waals surface area contributed by atoms with E-state index in [0.29, 0.717) is 0 Å². The molecule has 0 bridgehead atoms. The highest BCUT2D eigenvalue weighted by molar-refractivity contribution is 8.14. The first kappa shape index (κ1) is 9.37. The number of carbonyl (C=O) groups is 1. The zero-order chi connectivity index (χ0) is 7.11. The zero-order valence-corrected chi connectivity index (χ0v) is 7.48. The van der Waals surface area contributed by atoms with Crippen molar-refractivity contribution in [3.63, 3.8) is 0 Å². The van der Waals surface area contributed by atoms with Gasteiger partial charge in [-0.2, -0.15) is 11.8 Å². The molecule has 0 unspecified atom stereocenters. The molecule has 0 rings (SSSR count). The number of thioether (sulfide) groups is 2. The molecule has 0 aromatic carbocycles. The minimum atomic E-state index is 0.228. The van der Waals surface area contributed by atoms with Crippen LogP contribution in [-0.2, 0) is 4.79 Å². The summed E-state index contributed by atoms with van der Waals surface area (Å²) >= 11 is 3.29. The molecule has 0 amide bonds. The molecule has 54 valence electrons. The average molecular weight is 164 g/mol. The predicted molar refractivity (Wildman–Crippen MR) is 46.1 cm³/mol. The third-order valence-electron chi connectivity index (χ3n) is 0.737. The molecule has 0 spiro atoms. The Hall–Kier alpha value is 0.370. The molecule has 3 heteroatoms. The summed E-state index contributed by atoms with van der Waals surface area (Å²) in [5.74, 6) is 3.22. The summed E-state index contributed by atoms with van der Waals surface area (Å²) in [6, 6.07) is 0. The van der Waals surface area contributed by atoms with Crippen molar-refractivity contribution in [3.05, 3.63) is 0 Å². The minimum absolute atomic E-state index is 0.228. The van der Waals surface area contributed by atoms with Crippen LogP contribution in [0.25, 0.3) is 0 Å². The van der Waals surface area contributed by atoms with E-state index in [2.05, 4.69) is 6.92 Å². The first-order chi connectivity index (χ1) is 4.27. The maximum atomic E-state index is 10.4. The molecule has 0 aliphatic heterocycles. The van der Waals surface area contributed by atoms with E-state index in [1.807, 2.05) is 11.8 Å². The molecule has 0 aromatic rings. The van der Waals surface area contributed by atoms with Crippen molar-refractivity contribution in [3.8, 4) is 0 Å². The van der Waals surface area contributed by atoms with Crippen LogP contribution in [0.15, 0.2) is 0 Å². The summed E-state index contributed by atoms with van der Waals surface area (Å²) in [6.07, 6.45) is 0. The molecule has 0 fully saturated rings. The highest BCUT2D eigenvalue weighted by Gasteiger charge is 1.91. The SMILES string of the molecule is CCSCCSC(C)=O. The minimum Gasteiger partial charge on any atom is -0.288 e. The van der Waals surface area contributed by atoms with Crippen molar-refractivity contribution in [1.82, 2.24) is 0 Å². The highest BCUT2D eigenvalue weighted by atomic mass is 32.2. The molecule has 0 saturated carbocycles. The van der Waals surface area contributed by atoms with E-state index in [-0.39, 0.29) is 5.12 Å². The van der Waals surface area contributed by atoms with E-state index in [0.717, 1.165) is 17.3 Å². The predicted octanol–water partition coefficient (Wildman–Crippen LogP) is 2.02. The lowest BCUT2D eigenvalue weighted by Gasteiger charge is -1.93. The number of rotatable bonds is 4. The van der Waals surface area contributed by atoms with E-state index < -0.39 is 0 Å². The summed E-state index contributed by atoms with van der Waals surface area (Å²) < 4.78 is 0. The van der Waals surface area contributed by atoms with Crippen molar-refractivity contribution < 1.29 is 4.79 Å². The van der Waals surface area contributed by atoms with Crippen LogP contribution in [0.5, 0.6) is 0 Å². The molecule has 0 radical (unpaired) electrons. The Morgan fingerprint density at radius 1 is 1.44 bits per heavy atom. The van der Waals surface area contributed by atoms with Crippen LogP contribution in [-0.4, -0.2) is 22.4 Å². The van der Waals surface area contributed by atoms with Crippen LogP contribution >= 0.6 is 23.5 Å². The van der Waals surface area contributed by atoms with Gasteiger partial charge in [-0.3, -0.25) is 4.79 Å². The topological polar surface area (TPSA) is 17.1 Å². The second-order valence-corrected chi connectivity index (χ2v) is 4.20. The van der Waals surface area contributed by atoms with Gasteiger partial charge in [-0.25, -0.2) is 0 Å². The molecule has 0 saturated heterocycles. The van der Waals surface area contributed by atoms with Gasteiger partial charge in [-0.05, 0) is 5.75 Å². The first-order valence-electron chi connectivity index (χ1n) is 2.98. The quantitative estimate of drug-likeness (QED) is 0.592. The van der Waals surface area contributed by atoms with Gasteiger partial charge in [-0.15, -0.1) is 0 Å². The third kappa shape index (κ3) is 8.37. The second-order valence-electron chi connectivity index (χ2n) is 1.54. The van der Waals surface area contributed by atoms with E-state index in [1.165, 1.54) is 11.8 Å². The molecule has 0 aliphatic rings. The van der Waals surface area contributed by atoms with Gasteiger partial charge < -0.3 is 0 Å². The van der Waals surface area contributed by atoms with Gasteiger partial charge in [0.2, 0.25) is 0 Å². The van der Waals surface area contributed by atoms with Gasteiger partial charge in [0.05, 0.1) is 0 Å². The normalized spacial score (nSPS) is 9.56. The largest absolute Gasteiger partial charge is 0.288 e. The van der Waals surface area contributed by atoms with E-state index >= 15 is 0 Å². The highest BCUT2D eigenvalue weighted by Crippen LogP contribution is 2.06. The van der Waals surface area contributed by atoms with Crippen molar-refractivity contribution in [2.75, 3.05) is 17.3 Å². The lowest BCUT2D eigenvalue weighted by Crippen LogP contribution is -1.88. The second kappa shape index (κ2) is 6.49. The van der Waals surface area contributed by atoms with E-state index in [1.54, 1.807) is 6.92 Å². The molecular weight excluding hydrogens is 152 g/mol. The van der Waals surface area contributed by atoms with Crippen molar-refractivity contribution in [1.29, 1.82) is 0 Å². The molecule has 0 aromatic heterocycles. The maximum Gasteiger partial charge on any atom is 0.185 e. The van der Waals surface area contributed by atoms with Crippen LogP contribution in [0.4, 0.5) is 0 Å². The summed E-state index contributed by atoms with van der Waals surface area (Å²) in [5, 5.41) is 0.228. The van der Waals surface area contributed by atoms with Crippen LogP contribution in [0.2, 0.25) is 0 Å². The number of carbonyl (C=O) groups excluding carboxylic acids is 1. The fourth-order valence-corrected chi connectivity index (χ4v) is 1.77. The fraction of sp³-hybridized carbons (Fsp3) is 0.833. The summed E-state index contributed by atoms with van der Waals surface area (Å²) in [4.78, 5) is 10.4. The lowest BCUT2D eigenvalue weighted by molar-refractivity contribution is -0.109. The van der Waals surface area contributed by atoms with E-state index in [9.17, 15) is 4.79 Å². The number of hydrogen-bond acceptors (Lipinski definition) is 3. The van der Waals surface area contributed by atoms with Crippen LogP contribution in [0.1, 0.15) is 13.8 Å². The molecule has 0 atom stereocenters. The fourth-order valence-electron chi connectivity index (χ4n) is 0.389. The molecule has 1 nitrogen and oxygen atoms in total. The summed E-state index contributed by atoms with van der Waals surface area (Å²) in [7, 11) is 0. The molecule has 0 heterocycles. The zero-order valence-electron chi connectivity index (χ0n) is 5.85. The molecular formula is C6H12OS2. The van der Waals surface area contributed by atoms with E-state index in [4.69, 9.17) is 0 Å². The Balaban J connectivity index is 2.83. The van der Waals surface area contributed by atoms with Crippen molar-refractivity contribution >= 4 is 28.6 Å². The van der Waals surface area contributed by atoms with Gasteiger partial charge in [0.15, 0.2) is 5.12 Å². The Labute approximate surface area is 65.0 Å². The van der Waals surface area contributed by atoms with Gasteiger partial charge in [-0.1, -0.05) is 18.7 Å². The van der Waals surface area contributed by atoms with Crippen LogP contribution < -0.4 is 0 Å². The van der Waals surface area contributed by atoms with Crippen molar-refractivity contribution in [2.24, 2.45) is 0 Å². The van der Waals surface area contributed by atoms with Gasteiger partial charge in [0, 0.05) is 18.4 Å². The van der Waals surface area contributed by atoms with Gasteiger partial charge >= 0.3 is 0 Å².